The lowest BCUT2D eigenvalue weighted by atomic mass is 10.1. The maximum Gasteiger partial charge on any atom is 0.245 e. The Morgan fingerprint density at radius 1 is 1.25 bits per heavy atom. The summed E-state index contributed by atoms with van der Waals surface area (Å²) in [6.07, 6.45) is 1.06. The highest BCUT2D eigenvalue weighted by Gasteiger charge is 2.31. The molecule has 1 aliphatic heterocycles. The van der Waals surface area contributed by atoms with E-state index in [1.54, 1.807) is 29.2 Å². The summed E-state index contributed by atoms with van der Waals surface area (Å²) in [7, 11) is 1.88. The topological polar surface area (TPSA) is 71.1 Å². The monoisotopic (exact) mass is 268 g/mol. The summed E-state index contributed by atoms with van der Waals surface area (Å²) >= 11 is 0. The van der Waals surface area contributed by atoms with Crippen LogP contribution in [0, 0.1) is 22.7 Å². The molecular weight excluding hydrogens is 252 g/mol. The average molecular weight is 268 g/mol. The Morgan fingerprint density at radius 2 is 1.95 bits per heavy atom. The second kappa shape index (κ2) is 6.18. The zero-order valence-corrected chi connectivity index (χ0v) is 11.4. The van der Waals surface area contributed by atoms with Crippen LogP contribution in [0.2, 0.25) is 0 Å². The molecule has 0 aromatic heterocycles. The summed E-state index contributed by atoms with van der Waals surface area (Å²) in [6, 6.07) is 10.7. The first-order valence-corrected chi connectivity index (χ1v) is 6.56. The molecule has 1 unspecified atom stereocenters. The van der Waals surface area contributed by atoms with Crippen LogP contribution in [0.25, 0.3) is 0 Å². The number of carbonyl (C=O) groups excluding carboxylic acids is 1. The minimum atomic E-state index is -0.391. The molecule has 0 aliphatic carbocycles. The summed E-state index contributed by atoms with van der Waals surface area (Å²) in [4.78, 5) is 16.2. The van der Waals surface area contributed by atoms with E-state index in [4.69, 9.17) is 10.5 Å². The third kappa shape index (κ3) is 2.79. The lowest BCUT2D eigenvalue weighted by Crippen LogP contribution is -2.44. The van der Waals surface area contributed by atoms with Crippen LogP contribution in [0.15, 0.2) is 24.3 Å². The number of nitrogens with zero attached hydrogens (tertiary/aromatic N) is 4. The Kier molecular flexibility index (Phi) is 4.34. The van der Waals surface area contributed by atoms with Gasteiger partial charge in [-0.2, -0.15) is 10.5 Å². The number of rotatable bonds is 2. The number of hydrogen-bond acceptors (Lipinski definition) is 4. The molecule has 0 saturated carbocycles. The van der Waals surface area contributed by atoms with Gasteiger partial charge in [-0.3, -0.25) is 9.69 Å². The summed E-state index contributed by atoms with van der Waals surface area (Å²) in [6.45, 7) is 1.43. The normalized spacial score (nSPS) is 20.1. The largest absolute Gasteiger partial charge is 0.311 e. The fraction of sp³-hybridized carbons (Fsp3) is 0.400. The van der Waals surface area contributed by atoms with Crippen LogP contribution in [0.4, 0.5) is 5.69 Å². The van der Waals surface area contributed by atoms with Gasteiger partial charge in [0, 0.05) is 18.8 Å². The first-order valence-electron chi connectivity index (χ1n) is 6.56. The third-order valence-electron chi connectivity index (χ3n) is 3.57. The Hall–Kier alpha value is -2.37. The maximum absolute atomic E-state index is 12.6. The van der Waals surface area contributed by atoms with Gasteiger partial charge in [-0.1, -0.05) is 0 Å². The Bertz CT molecular complexity index is 567. The van der Waals surface area contributed by atoms with Gasteiger partial charge in [0.05, 0.1) is 24.1 Å². The van der Waals surface area contributed by atoms with Gasteiger partial charge in [-0.15, -0.1) is 0 Å². The minimum absolute atomic E-state index is 0.0451. The van der Waals surface area contributed by atoms with E-state index in [0.29, 0.717) is 12.1 Å². The lowest BCUT2D eigenvalue weighted by molar-refractivity contribution is -0.122. The van der Waals surface area contributed by atoms with Crippen molar-refractivity contribution >= 4 is 11.6 Å². The van der Waals surface area contributed by atoms with Crippen molar-refractivity contribution in [1.82, 2.24) is 4.90 Å². The van der Waals surface area contributed by atoms with Gasteiger partial charge in [-0.05, 0) is 37.7 Å². The smallest absolute Gasteiger partial charge is 0.245 e. The fourth-order valence-corrected chi connectivity index (χ4v) is 2.41. The molecule has 1 aromatic carbocycles. The van der Waals surface area contributed by atoms with Gasteiger partial charge in [0.2, 0.25) is 5.91 Å². The highest BCUT2D eigenvalue weighted by atomic mass is 16.2. The molecule has 1 aliphatic rings. The first-order chi connectivity index (χ1) is 9.67. The van der Waals surface area contributed by atoms with Gasteiger partial charge in [0.25, 0.3) is 0 Å². The van der Waals surface area contributed by atoms with Crippen LogP contribution in [0.3, 0.4) is 0 Å². The molecule has 1 amide bonds. The lowest BCUT2D eigenvalue weighted by Gasteiger charge is -2.26. The predicted octanol–water partition coefficient (Wildman–Crippen LogP) is 1.51. The molecule has 0 radical (unpaired) electrons. The van der Waals surface area contributed by atoms with E-state index >= 15 is 0 Å². The number of amides is 1. The Morgan fingerprint density at radius 3 is 2.55 bits per heavy atom. The molecule has 1 saturated heterocycles. The van der Waals surface area contributed by atoms with Crippen LogP contribution in [-0.2, 0) is 4.79 Å². The predicted molar refractivity (Wildman–Crippen MR) is 74.8 cm³/mol. The third-order valence-corrected chi connectivity index (χ3v) is 3.57. The van der Waals surface area contributed by atoms with E-state index in [0.717, 1.165) is 18.7 Å². The van der Waals surface area contributed by atoms with Crippen LogP contribution < -0.4 is 4.90 Å². The molecule has 1 fully saturated rings. The van der Waals surface area contributed by atoms with Crippen LogP contribution in [0.5, 0.6) is 0 Å². The molecule has 0 spiro atoms. The van der Waals surface area contributed by atoms with Crippen molar-refractivity contribution in [2.45, 2.75) is 18.9 Å². The Labute approximate surface area is 118 Å². The molecule has 1 aromatic rings. The standard InChI is InChI=1S/C15H16N4O/c1-18-9-2-10-19(15(20)14(18)7-8-16)13-5-3-12(11-17)4-6-13/h3-6,14H,2,7,9-10H2,1H3. The van der Waals surface area contributed by atoms with Crippen LogP contribution in [-0.4, -0.2) is 37.0 Å². The van der Waals surface area contributed by atoms with E-state index < -0.39 is 6.04 Å². The molecule has 2 rings (SSSR count). The van der Waals surface area contributed by atoms with Crippen molar-refractivity contribution < 1.29 is 4.79 Å². The summed E-state index contributed by atoms with van der Waals surface area (Å²) in [5, 5.41) is 17.7. The van der Waals surface area contributed by atoms with Crippen molar-refractivity contribution in [3.05, 3.63) is 29.8 Å². The van der Waals surface area contributed by atoms with E-state index in [1.807, 2.05) is 11.9 Å². The van der Waals surface area contributed by atoms with E-state index in [-0.39, 0.29) is 12.3 Å². The molecule has 1 atom stereocenters. The summed E-state index contributed by atoms with van der Waals surface area (Å²) < 4.78 is 0. The average Bonchev–Trinajstić information content (AvgIpc) is 2.61. The van der Waals surface area contributed by atoms with Crippen molar-refractivity contribution in [2.75, 3.05) is 25.0 Å². The van der Waals surface area contributed by atoms with E-state index in [2.05, 4.69) is 12.1 Å². The number of carbonyl (C=O) groups is 1. The van der Waals surface area contributed by atoms with Crippen molar-refractivity contribution in [1.29, 1.82) is 10.5 Å². The number of likely N-dealkylation sites (N-methyl/N-ethyl adjacent to an activating group) is 1. The maximum atomic E-state index is 12.6. The molecular formula is C15H16N4O. The van der Waals surface area contributed by atoms with Gasteiger partial charge in [0.1, 0.15) is 6.04 Å². The Balaban J connectivity index is 2.27. The molecule has 5 nitrogen and oxygen atoms in total. The zero-order chi connectivity index (χ0) is 14.5. The van der Waals surface area contributed by atoms with Gasteiger partial charge in [-0.25, -0.2) is 0 Å². The number of nitriles is 2. The van der Waals surface area contributed by atoms with Crippen molar-refractivity contribution in [2.24, 2.45) is 0 Å². The molecule has 1 heterocycles. The zero-order valence-electron chi connectivity index (χ0n) is 11.4. The SMILES string of the molecule is CN1CCCN(c2ccc(C#N)cc2)C(=O)C1CC#N. The van der Waals surface area contributed by atoms with Crippen LogP contribution in [0.1, 0.15) is 18.4 Å². The van der Waals surface area contributed by atoms with Gasteiger partial charge >= 0.3 is 0 Å². The van der Waals surface area contributed by atoms with Gasteiger partial charge < -0.3 is 4.90 Å². The fourth-order valence-electron chi connectivity index (χ4n) is 2.41. The minimum Gasteiger partial charge on any atom is -0.311 e. The molecule has 0 bridgehead atoms. The number of benzene rings is 1. The van der Waals surface area contributed by atoms with E-state index in [9.17, 15) is 4.79 Å². The number of hydrogen-bond donors (Lipinski definition) is 0. The molecule has 102 valence electrons. The quantitative estimate of drug-likeness (QED) is 0.815. The number of anilines is 1. The van der Waals surface area contributed by atoms with Gasteiger partial charge in [0.15, 0.2) is 0 Å². The van der Waals surface area contributed by atoms with Crippen molar-refractivity contribution in [3.63, 3.8) is 0 Å². The second-order valence-corrected chi connectivity index (χ2v) is 4.86. The van der Waals surface area contributed by atoms with Crippen molar-refractivity contribution in [3.8, 4) is 12.1 Å². The summed E-state index contributed by atoms with van der Waals surface area (Å²) in [5.74, 6) is -0.0451. The molecule has 0 N–H and O–H groups in total. The molecule has 5 heteroatoms. The van der Waals surface area contributed by atoms with Crippen LogP contribution >= 0.6 is 0 Å². The highest BCUT2D eigenvalue weighted by molar-refractivity contribution is 5.97. The first kappa shape index (κ1) is 14.0. The second-order valence-electron chi connectivity index (χ2n) is 4.86. The summed E-state index contributed by atoms with van der Waals surface area (Å²) in [5.41, 5.74) is 1.36. The highest BCUT2D eigenvalue weighted by Crippen LogP contribution is 2.21. The van der Waals surface area contributed by atoms with E-state index in [1.165, 1.54) is 0 Å². The molecule has 20 heavy (non-hydrogen) atoms.